The van der Waals surface area contributed by atoms with Crippen molar-refractivity contribution >= 4 is 5.69 Å². The first-order valence-electron chi connectivity index (χ1n) is 6.44. The average Bonchev–Trinajstić information content (AvgIpc) is 2.59. The van der Waals surface area contributed by atoms with Crippen molar-refractivity contribution in [3.8, 4) is 5.75 Å². The molecular formula is C15H23NO. The minimum absolute atomic E-state index is 0.411. The summed E-state index contributed by atoms with van der Waals surface area (Å²) in [6.07, 6.45) is 3.93. The molecule has 1 aliphatic rings. The average molecular weight is 233 g/mol. The van der Waals surface area contributed by atoms with Gasteiger partial charge in [0.05, 0.1) is 7.11 Å². The van der Waals surface area contributed by atoms with E-state index in [4.69, 9.17) is 4.74 Å². The van der Waals surface area contributed by atoms with Crippen LogP contribution in [0.3, 0.4) is 0 Å². The molecule has 1 unspecified atom stereocenters. The summed E-state index contributed by atoms with van der Waals surface area (Å²) >= 11 is 0. The second-order valence-corrected chi connectivity index (χ2v) is 5.76. The second kappa shape index (κ2) is 4.59. The van der Waals surface area contributed by atoms with Gasteiger partial charge in [-0.25, -0.2) is 0 Å². The minimum Gasteiger partial charge on any atom is -0.496 e. The minimum atomic E-state index is 0.411. The Labute approximate surface area is 104 Å². The third-order valence-electron chi connectivity index (χ3n) is 3.99. The highest BCUT2D eigenvalue weighted by atomic mass is 16.5. The van der Waals surface area contributed by atoms with E-state index < -0.39 is 0 Å². The maximum absolute atomic E-state index is 5.28. The molecule has 0 amide bonds. The Morgan fingerprint density at radius 1 is 1.35 bits per heavy atom. The summed E-state index contributed by atoms with van der Waals surface area (Å²) in [5, 5.41) is 3.67. The summed E-state index contributed by atoms with van der Waals surface area (Å²) in [5.74, 6) is 0.959. The van der Waals surface area contributed by atoms with Crippen molar-refractivity contribution in [1.29, 1.82) is 0 Å². The van der Waals surface area contributed by atoms with E-state index in [1.165, 1.54) is 30.5 Å². The van der Waals surface area contributed by atoms with E-state index in [1.807, 2.05) is 6.07 Å². The van der Waals surface area contributed by atoms with Gasteiger partial charge in [0, 0.05) is 11.7 Å². The lowest BCUT2D eigenvalue weighted by molar-refractivity contribution is 0.350. The molecule has 0 spiro atoms. The molecule has 94 valence electrons. The van der Waals surface area contributed by atoms with E-state index in [0.717, 1.165) is 5.75 Å². The van der Waals surface area contributed by atoms with Crippen LogP contribution in [0.1, 0.15) is 38.7 Å². The van der Waals surface area contributed by atoms with Gasteiger partial charge in [0.2, 0.25) is 0 Å². The molecule has 0 aliphatic heterocycles. The first kappa shape index (κ1) is 12.3. The number of hydrogen-bond donors (Lipinski definition) is 1. The van der Waals surface area contributed by atoms with Crippen LogP contribution in [0.4, 0.5) is 5.69 Å². The predicted molar refractivity (Wildman–Crippen MR) is 72.8 cm³/mol. The van der Waals surface area contributed by atoms with E-state index in [-0.39, 0.29) is 0 Å². The number of benzene rings is 1. The molecule has 2 heteroatoms. The predicted octanol–water partition coefficient (Wildman–Crippen LogP) is 3.99. The van der Waals surface area contributed by atoms with Crippen molar-refractivity contribution < 1.29 is 4.74 Å². The van der Waals surface area contributed by atoms with Crippen LogP contribution in [0.15, 0.2) is 18.2 Å². The molecule has 1 atom stereocenters. The number of hydrogen-bond acceptors (Lipinski definition) is 2. The van der Waals surface area contributed by atoms with E-state index in [9.17, 15) is 0 Å². The van der Waals surface area contributed by atoms with Crippen LogP contribution in [-0.2, 0) is 0 Å². The Balaban J connectivity index is 2.11. The zero-order valence-corrected chi connectivity index (χ0v) is 11.3. The molecule has 1 saturated carbocycles. The highest BCUT2D eigenvalue weighted by molar-refractivity contribution is 5.51. The largest absolute Gasteiger partial charge is 0.496 e. The number of ether oxygens (including phenoxy) is 1. The summed E-state index contributed by atoms with van der Waals surface area (Å²) < 4.78 is 5.28. The van der Waals surface area contributed by atoms with Crippen LogP contribution in [0.25, 0.3) is 0 Å². The topological polar surface area (TPSA) is 21.3 Å². The molecular weight excluding hydrogens is 210 g/mol. The molecule has 17 heavy (non-hydrogen) atoms. The monoisotopic (exact) mass is 233 g/mol. The van der Waals surface area contributed by atoms with Crippen molar-refractivity contribution in [2.75, 3.05) is 12.4 Å². The smallest absolute Gasteiger partial charge is 0.121 e. The van der Waals surface area contributed by atoms with E-state index in [1.54, 1.807) is 7.11 Å². The molecule has 1 aromatic carbocycles. The molecule has 0 saturated heterocycles. The van der Waals surface area contributed by atoms with Gasteiger partial charge in [-0.1, -0.05) is 20.3 Å². The molecule has 1 fully saturated rings. The van der Waals surface area contributed by atoms with Crippen molar-refractivity contribution in [3.63, 3.8) is 0 Å². The Morgan fingerprint density at radius 2 is 2.12 bits per heavy atom. The normalized spacial score (nSPS) is 22.5. The highest BCUT2D eigenvalue weighted by Crippen LogP contribution is 2.39. The van der Waals surface area contributed by atoms with Gasteiger partial charge in [-0.2, -0.15) is 0 Å². The zero-order valence-electron chi connectivity index (χ0n) is 11.3. The van der Waals surface area contributed by atoms with Gasteiger partial charge in [-0.15, -0.1) is 0 Å². The maximum atomic E-state index is 5.28. The van der Waals surface area contributed by atoms with Crippen LogP contribution < -0.4 is 10.1 Å². The fraction of sp³-hybridized carbons (Fsp3) is 0.600. The number of nitrogens with one attached hydrogen (secondary N) is 1. The third-order valence-corrected chi connectivity index (χ3v) is 3.99. The van der Waals surface area contributed by atoms with Crippen molar-refractivity contribution in [3.05, 3.63) is 23.8 Å². The van der Waals surface area contributed by atoms with Crippen molar-refractivity contribution in [2.45, 2.75) is 46.1 Å². The number of rotatable bonds is 3. The Bertz CT molecular complexity index is 398. The molecule has 0 heterocycles. The van der Waals surface area contributed by atoms with Crippen LogP contribution >= 0.6 is 0 Å². The number of methoxy groups -OCH3 is 1. The third kappa shape index (κ3) is 2.56. The summed E-state index contributed by atoms with van der Waals surface area (Å²) in [6.45, 7) is 6.80. The molecule has 2 rings (SSSR count). The van der Waals surface area contributed by atoms with Crippen LogP contribution in [-0.4, -0.2) is 13.2 Å². The van der Waals surface area contributed by atoms with E-state index in [0.29, 0.717) is 11.5 Å². The Hall–Kier alpha value is -1.18. The number of anilines is 1. The van der Waals surface area contributed by atoms with Gasteiger partial charge < -0.3 is 10.1 Å². The van der Waals surface area contributed by atoms with Gasteiger partial charge in [0.15, 0.2) is 0 Å². The molecule has 0 aromatic heterocycles. The van der Waals surface area contributed by atoms with Crippen molar-refractivity contribution in [1.82, 2.24) is 0 Å². The first-order chi connectivity index (χ1) is 8.03. The van der Waals surface area contributed by atoms with Crippen LogP contribution in [0, 0.1) is 12.3 Å². The molecule has 0 bridgehead atoms. The van der Waals surface area contributed by atoms with Gasteiger partial charge in [0.1, 0.15) is 5.75 Å². The summed E-state index contributed by atoms with van der Waals surface area (Å²) in [5.41, 5.74) is 2.81. The summed E-state index contributed by atoms with van der Waals surface area (Å²) in [4.78, 5) is 0. The molecule has 1 aromatic rings. The fourth-order valence-corrected chi connectivity index (χ4v) is 2.76. The van der Waals surface area contributed by atoms with E-state index in [2.05, 4.69) is 38.2 Å². The lowest BCUT2D eigenvalue weighted by Gasteiger charge is -2.29. The molecule has 2 nitrogen and oxygen atoms in total. The first-order valence-corrected chi connectivity index (χ1v) is 6.44. The molecule has 0 radical (unpaired) electrons. The van der Waals surface area contributed by atoms with Gasteiger partial charge in [-0.05, 0) is 48.9 Å². The molecule has 1 aliphatic carbocycles. The second-order valence-electron chi connectivity index (χ2n) is 5.76. The Morgan fingerprint density at radius 3 is 2.65 bits per heavy atom. The lowest BCUT2D eigenvalue weighted by Crippen LogP contribution is -2.30. The van der Waals surface area contributed by atoms with Gasteiger partial charge in [0.25, 0.3) is 0 Å². The van der Waals surface area contributed by atoms with E-state index >= 15 is 0 Å². The molecule has 1 N–H and O–H groups in total. The van der Waals surface area contributed by atoms with Gasteiger partial charge in [-0.3, -0.25) is 0 Å². The van der Waals surface area contributed by atoms with Crippen LogP contribution in [0.2, 0.25) is 0 Å². The Kier molecular flexibility index (Phi) is 3.32. The number of aryl methyl sites for hydroxylation is 1. The standard InChI is InChI=1S/C15H23NO/c1-11-10-12(7-8-13(11)17-4)16-14-6-5-9-15(14,2)3/h7-8,10,14,16H,5-6,9H2,1-4H3. The zero-order chi connectivity index (χ0) is 12.5. The maximum Gasteiger partial charge on any atom is 0.121 e. The van der Waals surface area contributed by atoms with Crippen molar-refractivity contribution in [2.24, 2.45) is 5.41 Å². The lowest BCUT2D eigenvalue weighted by atomic mass is 9.87. The SMILES string of the molecule is COc1ccc(NC2CCCC2(C)C)cc1C. The fourth-order valence-electron chi connectivity index (χ4n) is 2.76. The summed E-state index contributed by atoms with van der Waals surface area (Å²) in [7, 11) is 1.72. The summed E-state index contributed by atoms with van der Waals surface area (Å²) in [6, 6.07) is 6.92. The highest BCUT2D eigenvalue weighted by Gasteiger charge is 2.34. The quantitative estimate of drug-likeness (QED) is 0.852. The van der Waals surface area contributed by atoms with Crippen LogP contribution in [0.5, 0.6) is 5.75 Å². The van der Waals surface area contributed by atoms with Gasteiger partial charge >= 0.3 is 0 Å².